The summed E-state index contributed by atoms with van der Waals surface area (Å²) in [4.78, 5) is 39.0. The lowest BCUT2D eigenvalue weighted by atomic mass is 9.82. The molecule has 1 aliphatic rings. The summed E-state index contributed by atoms with van der Waals surface area (Å²) in [5.41, 5.74) is 0.870. The predicted octanol–water partition coefficient (Wildman–Crippen LogP) is 4.81. The molecule has 1 aliphatic carbocycles. The highest BCUT2D eigenvalue weighted by atomic mass is 127. The number of benzene rings is 1. The summed E-state index contributed by atoms with van der Waals surface area (Å²) < 4.78 is 17.1. The fourth-order valence-corrected chi connectivity index (χ4v) is 7.11. The number of nitrogens with zero attached hydrogens (tertiary/aromatic N) is 5. The van der Waals surface area contributed by atoms with Crippen molar-refractivity contribution >= 4 is 78.7 Å². The predicted molar refractivity (Wildman–Crippen MR) is 175 cm³/mol. The molecule has 2 N–H and O–H groups in total. The summed E-state index contributed by atoms with van der Waals surface area (Å²) in [7, 11) is 8.59. The van der Waals surface area contributed by atoms with Gasteiger partial charge >= 0.3 is 0 Å². The molecule has 4 atom stereocenters. The summed E-state index contributed by atoms with van der Waals surface area (Å²) in [6.07, 6.45) is 5.37. The second-order valence-corrected chi connectivity index (χ2v) is 16.3. The van der Waals surface area contributed by atoms with Gasteiger partial charge in [-0.2, -0.15) is 5.10 Å². The van der Waals surface area contributed by atoms with Crippen LogP contribution in [0.1, 0.15) is 87.5 Å². The van der Waals surface area contributed by atoms with Crippen molar-refractivity contribution in [1.29, 1.82) is 0 Å². The lowest BCUT2D eigenvalue weighted by Gasteiger charge is -2.37. The molecule has 1 saturated carbocycles. The van der Waals surface area contributed by atoms with Gasteiger partial charge in [-0.15, -0.1) is 27.7 Å². The number of rotatable bonds is 9. The van der Waals surface area contributed by atoms with Crippen LogP contribution in [0.3, 0.4) is 0 Å². The third kappa shape index (κ3) is 7.56. The molecule has 0 saturated heterocycles. The smallest absolute Gasteiger partial charge is 0.289 e. The Hall–Kier alpha value is -1.28. The largest absolute Gasteiger partial charge is 0.340 e. The molecule has 3 aromatic rings. The van der Waals surface area contributed by atoms with Crippen LogP contribution in [0.25, 0.3) is 11.0 Å². The number of halogens is 2. The van der Waals surface area contributed by atoms with Gasteiger partial charge in [0.2, 0.25) is 11.7 Å². The Morgan fingerprint density at radius 3 is 2.60 bits per heavy atom. The van der Waals surface area contributed by atoms with Crippen molar-refractivity contribution in [3.8, 4) is 0 Å². The fourth-order valence-electron chi connectivity index (χ4n) is 5.04. The van der Waals surface area contributed by atoms with Crippen LogP contribution >= 0.6 is 50.6 Å². The first-order chi connectivity index (χ1) is 18.6. The van der Waals surface area contributed by atoms with E-state index in [0.29, 0.717) is 5.82 Å². The molecule has 3 unspecified atom stereocenters. The summed E-state index contributed by atoms with van der Waals surface area (Å²) >= 11 is 1.87. The fraction of sp³-hybridized carbons (Fsp3) is 0.577. The van der Waals surface area contributed by atoms with Crippen molar-refractivity contribution in [2.45, 2.75) is 82.4 Å². The number of alkyl halides is 1. The van der Waals surface area contributed by atoms with Crippen molar-refractivity contribution in [3.05, 3.63) is 35.7 Å². The minimum absolute atomic E-state index is 0.00678. The SMILES string of the molecule is CC(C)n1ncnc1C(=O)N[C@H](c1nc2c(P)c(CC(=O)N(I)CC(C)(C)F)ccc2[nH]1)C1CCC(P)(P)CC1. The van der Waals surface area contributed by atoms with E-state index in [1.54, 1.807) is 4.68 Å². The molecule has 0 radical (unpaired) electrons. The van der Waals surface area contributed by atoms with E-state index in [1.807, 2.05) is 48.8 Å². The standard InChI is InChI=1S/C26H38FIN7O2P3/c1-14(2)35-23(29-13-30-35)24(37)33-19(15-7-9-26(39,40)10-8-15)22-31-17-6-5-16(21(38)20(17)32-22)11-18(36)34(28)12-25(3,4)27/h5-6,13-15,19H,7-12,38-40H2,1-4H3,(H,31,32)(H,33,37)/t19-/m0/s1. The van der Waals surface area contributed by atoms with Crippen LogP contribution in [0.15, 0.2) is 18.5 Å². The number of hydrogen-bond acceptors (Lipinski definition) is 5. The van der Waals surface area contributed by atoms with Crippen molar-refractivity contribution in [2.24, 2.45) is 5.92 Å². The topological polar surface area (TPSA) is 109 Å². The molecule has 4 rings (SSSR count). The molecule has 2 aromatic heterocycles. The first-order valence-corrected chi connectivity index (χ1v) is 16.0. The van der Waals surface area contributed by atoms with Gasteiger partial charge in [-0.3, -0.25) is 12.7 Å². The monoisotopic (exact) mass is 719 g/mol. The van der Waals surface area contributed by atoms with E-state index < -0.39 is 5.67 Å². The number of hydrogen-bond donors (Lipinski definition) is 2. The molecule has 14 heteroatoms. The number of carbonyl (C=O) groups excluding carboxylic acids is 2. The van der Waals surface area contributed by atoms with Crippen LogP contribution in [-0.4, -0.2) is 56.8 Å². The molecule has 0 aliphatic heterocycles. The average molecular weight is 719 g/mol. The number of fused-ring (bicyclic) bond motifs is 1. The molecule has 2 heterocycles. The Morgan fingerprint density at radius 2 is 1.98 bits per heavy atom. The van der Waals surface area contributed by atoms with Gasteiger partial charge in [0.05, 0.1) is 52.9 Å². The van der Waals surface area contributed by atoms with E-state index in [4.69, 9.17) is 4.98 Å². The third-order valence-electron chi connectivity index (χ3n) is 7.21. The Labute approximate surface area is 255 Å². The average Bonchev–Trinajstić information content (AvgIpc) is 3.51. The quantitative estimate of drug-likeness (QED) is 0.188. The van der Waals surface area contributed by atoms with Gasteiger partial charge in [-0.1, -0.05) is 6.07 Å². The van der Waals surface area contributed by atoms with Crippen LogP contribution in [0.4, 0.5) is 4.39 Å². The Kier molecular flexibility index (Phi) is 9.91. The lowest BCUT2D eigenvalue weighted by Crippen LogP contribution is -2.38. The van der Waals surface area contributed by atoms with E-state index in [2.05, 4.69) is 48.1 Å². The van der Waals surface area contributed by atoms with E-state index in [0.717, 1.165) is 47.6 Å². The number of imidazole rings is 1. The molecule has 9 nitrogen and oxygen atoms in total. The molecule has 218 valence electrons. The van der Waals surface area contributed by atoms with Gasteiger partial charge in [0, 0.05) is 11.3 Å². The zero-order valence-electron chi connectivity index (χ0n) is 23.2. The lowest BCUT2D eigenvalue weighted by molar-refractivity contribution is -0.125. The molecular formula is C26H38FIN7O2P3. The van der Waals surface area contributed by atoms with Gasteiger partial charge in [0.15, 0.2) is 0 Å². The molecule has 1 aromatic carbocycles. The highest BCUT2D eigenvalue weighted by Crippen LogP contribution is 2.46. The minimum Gasteiger partial charge on any atom is -0.340 e. The van der Waals surface area contributed by atoms with Gasteiger partial charge in [-0.05, 0) is 75.8 Å². The summed E-state index contributed by atoms with van der Waals surface area (Å²) in [5, 5.41) is 8.24. The van der Waals surface area contributed by atoms with Crippen LogP contribution in [0.5, 0.6) is 0 Å². The Bertz CT molecular complexity index is 1380. The summed E-state index contributed by atoms with van der Waals surface area (Å²) in [5.74, 6) is 0.655. The number of carbonyl (C=O) groups is 2. The first kappa shape index (κ1) is 31.7. The van der Waals surface area contributed by atoms with Crippen LogP contribution in [0.2, 0.25) is 0 Å². The highest BCUT2D eigenvalue weighted by molar-refractivity contribution is 14.1. The van der Waals surface area contributed by atoms with Crippen LogP contribution in [0, 0.1) is 5.92 Å². The normalized spacial score (nSPS) is 16.9. The van der Waals surface area contributed by atoms with E-state index in [-0.39, 0.29) is 53.5 Å². The number of aromatic nitrogens is 5. The van der Waals surface area contributed by atoms with E-state index >= 15 is 0 Å². The number of nitrogens with one attached hydrogen (secondary N) is 2. The second kappa shape index (κ2) is 12.5. The van der Waals surface area contributed by atoms with Gasteiger partial charge in [-0.25, -0.2) is 19.0 Å². The maximum absolute atomic E-state index is 14.1. The number of aromatic amines is 1. The zero-order chi connectivity index (χ0) is 29.4. The molecule has 0 spiro atoms. The van der Waals surface area contributed by atoms with Gasteiger partial charge in [0.25, 0.3) is 5.91 Å². The Balaban J connectivity index is 1.64. The minimum atomic E-state index is -1.48. The maximum atomic E-state index is 14.1. The maximum Gasteiger partial charge on any atom is 0.289 e. The zero-order valence-corrected chi connectivity index (χ0v) is 28.9. The summed E-state index contributed by atoms with van der Waals surface area (Å²) in [6.45, 7) is 6.83. The van der Waals surface area contributed by atoms with Gasteiger partial charge < -0.3 is 10.3 Å². The van der Waals surface area contributed by atoms with Crippen molar-refractivity contribution < 1.29 is 14.0 Å². The first-order valence-electron chi connectivity index (χ1n) is 13.4. The van der Waals surface area contributed by atoms with E-state index in [1.165, 1.54) is 23.3 Å². The van der Waals surface area contributed by atoms with Gasteiger partial charge in [0.1, 0.15) is 17.8 Å². The summed E-state index contributed by atoms with van der Waals surface area (Å²) in [6, 6.07) is 3.44. The van der Waals surface area contributed by atoms with E-state index in [9.17, 15) is 14.0 Å². The number of amides is 2. The molecular weight excluding hydrogens is 681 g/mol. The molecule has 0 bridgehead atoms. The van der Waals surface area contributed by atoms with Crippen LogP contribution < -0.4 is 10.6 Å². The Morgan fingerprint density at radius 1 is 1.30 bits per heavy atom. The molecule has 1 fully saturated rings. The van der Waals surface area contributed by atoms with Crippen molar-refractivity contribution in [3.63, 3.8) is 0 Å². The molecule has 40 heavy (non-hydrogen) atoms. The highest BCUT2D eigenvalue weighted by Gasteiger charge is 2.36. The number of H-pyrrole nitrogens is 1. The second-order valence-electron chi connectivity index (χ2n) is 11.6. The van der Waals surface area contributed by atoms with Crippen molar-refractivity contribution in [1.82, 2.24) is 33.2 Å². The van der Waals surface area contributed by atoms with Crippen LogP contribution in [-0.2, 0) is 11.2 Å². The third-order valence-corrected chi connectivity index (χ3v) is 9.89. The van der Waals surface area contributed by atoms with Crippen molar-refractivity contribution in [2.75, 3.05) is 6.54 Å². The molecule has 2 amide bonds.